The first-order valence-corrected chi connectivity index (χ1v) is 6.81. The smallest absolute Gasteiger partial charge is 0.328 e. The Labute approximate surface area is 135 Å². The van der Waals surface area contributed by atoms with E-state index in [-0.39, 0.29) is 6.42 Å². The van der Waals surface area contributed by atoms with Crippen molar-refractivity contribution in [2.24, 2.45) is 5.92 Å². The molecule has 0 radical (unpaired) electrons. The number of hydrogen-bond donors (Lipinski definition) is 1. The summed E-state index contributed by atoms with van der Waals surface area (Å²) in [7, 11) is 2.19. The number of hydrogen-bond acceptors (Lipinski definition) is 5. The van der Waals surface area contributed by atoms with Crippen molar-refractivity contribution in [2.75, 3.05) is 14.2 Å². The maximum atomic E-state index is 13.6. The fourth-order valence-corrected chi connectivity index (χ4v) is 2.00. The average molecular weight is 347 g/mol. The third-order valence-corrected chi connectivity index (χ3v) is 3.26. The Hall–Kier alpha value is -2.58. The molecule has 0 spiro atoms. The van der Waals surface area contributed by atoms with E-state index in [1.54, 1.807) is 0 Å². The summed E-state index contributed by atoms with van der Waals surface area (Å²) in [6.07, 6.45) is -0.245. The van der Waals surface area contributed by atoms with Gasteiger partial charge >= 0.3 is 11.9 Å². The molecule has 0 fully saturated rings. The topological polar surface area (TPSA) is 81.7 Å². The van der Waals surface area contributed by atoms with E-state index in [0.717, 1.165) is 14.2 Å². The van der Waals surface area contributed by atoms with Gasteiger partial charge in [0, 0.05) is 12.1 Å². The number of rotatable bonds is 6. The van der Waals surface area contributed by atoms with Gasteiger partial charge in [0.2, 0.25) is 0 Å². The highest BCUT2D eigenvalue weighted by atomic mass is 19.1. The van der Waals surface area contributed by atoms with E-state index in [4.69, 9.17) is 0 Å². The second-order valence-corrected chi connectivity index (χ2v) is 4.98. The Balaban J connectivity index is 3.04. The van der Waals surface area contributed by atoms with Gasteiger partial charge in [0.1, 0.15) is 29.1 Å². The van der Waals surface area contributed by atoms with Gasteiger partial charge in [-0.3, -0.25) is 9.59 Å². The SMILES string of the molecule is COC(=O)C[C@H](C)[C@@H](NC(=O)c1c(F)cc(F)cc1F)C(=O)OC. The molecule has 0 heterocycles. The van der Waals surface area contributed by atoms with Crippen molar-refractivity contribution >= 4 is 17.8 Å². The van der Waals surface area contributed by atoms with Crippen LogP contribution in [0.5, 0.6) is 0 Å². The number of ether oxygens (including phenoxy) is 2. The van der Waals surface area contributed by atoms with Crippen molar-refractivity contribution in [3.63, 3.8) is 0 Å². The zero-order valence-electron chi connectivity index (χ0n) is 13.2. The van der Waals surface area contributed by atoms with Gasteiger partial charge in [-0.15, -0.1) is 0 Å². The summed E-state index contributed by atoms with van der Waals surface area (Å²) in [5.74, 6) is -7.65. The Bertz CT molecular complexity index is 627. The maximum absolute atomic E-state index is 13.6. The third-order valence-electron chi connectivity index (χ3n) is 3.26. The van der Waals surface area contributed by atoms with Crippen LogP contribution in [0.1, 0.15) is 23.7 Å². The standard InChI is InChI=1S/C15H16F3NO5/c1-7(4-11(20)23-2)13(15(22)24-3)19-14(21)12-9(17)5-8(16)6-10(12)18/h5-7,13H,4H2,1-3H3,(H,19,21)/t7-,13+/m0/s1. The van der Waals surface area contributed by atoms with Gasteiger partial charge in [0.25, 0.3) is 5.91 Å². The van der Waals surface area contributed by atoms with Crippen molar-refractivity contribution < 1.29 is 37.0 Å². The van der Waals surface area contributed by atoms with E-state index in [1.807, 2.05) is 0 Å². The number of halogens is 3. The number of methoxy groups -OCH3 is 2. The number of nitrogens with one attached hydrogen (secondary N) is 1. The van der Waals surface area contributed by atoms with E-state index < -0.39 is 52.8 Å². The number of carbonyl (C=O) groups is 3. The Morgan fingerprint density at radius 1 is 1.08 bits per heavy atom. The largest absolute Gasteiger partial charge is 0.469 e. The van der Waals surface area contributed by atoms with Crippen LogP contribution in [-0.2, 0) is 19.1 Å². The van der Waals surface area contributed by atoms with Crippen LogP contribution in [0.25, 0.3) is 0 Å². The maximum Gasteiger partial charge on any atom is 0.328 e. The van der Waals surface area contributed by atoms with Gasteiger partial charge in [-0.2, -0.15) is 0 Å². The van der Waals surface area contributed by atoms with Crippen molar-refractivity contribution in [1.29, 1.82) is 0 Å². The lowest BCUT2D eigenvalue weighted by Crippen LogP contribution is -2.46. The van der Waals surface area contributed by atoms with Crippen LogP contribution in [-0.4, -0.2) is 38.1 Å². The second kappa shape index (κ2) is 8.32. The molecule has 0 saturated heterocycles. The quantitative estimate of drug-likeness (QED) is 0.790. The normalized spacial score (nSPS) is 12.9. The lowest BCUT2D eigenvalue weighted by Gasteiger charge is -2.22. The fourth-order valence-electron chi connectivity index (χ4n) is 2.00. The minimum absolute atomic E-state index is 0.245. The van der Waals surface area contributed by atoms with Gasteiger partial charge in [-0.1, -0.05) is 6.92 Å². The minimum Gasteiger partial charge on any atom is -0.469 e. The molecule has 1 aromatic rings. The van der Waals surface area contributed by atoms with Crippen molar-refractivity contribution in [1.82, 2.24) is 5.32 Å². The Kier molecular flexibility index (Phi) is 6.75. The van der Waals surface area contributed by atoms with Gasteiger partial charge in [-0.05, 0) is 5.92 Å². The molecule has 24 heavy (non-hydrogen) atoms. The first kappa shape index (κ1) is 19.5. The molecule has 1 N–H and O–H groups in total. The van der Waals surface area contributed by atoms with Crippen molar-refractivity contribution in [3.05, 3.63) is 35.1 Å². The summed E-state index contributed by atoms with van der Waals surface area (Å²) < 4.78 is 49.1. The summed E-state index contributed by atoms with van der Waals surface area (Å²) in [5, 5.41) is 2.09. The lowest BCUT2D eigenvalue weighted by molar-refractivity contribution is -0.146. The molecule has 0 bridgehead atoms. The molecular weight excluding hydrogens is 331 g/mol. The number of carbonyl (C=O) groups excluding carboxylic acids is 3. The average Bonchev–Trinajstić information content (AvgIpc) is 2.50. The predicted octanol–water partition coefficient (Wildman–Crippen LogP) is 1.57. The minimum atomic E-state index is -1.42. The molecule has 0 aromatic heterocycles. The molecule has 6 nitrogen and oxygen atoms in total. The zero-order chi connectivity index (χ0) is 18.4. The molecule has 1 amide bonds. The van der Waals surface area contributed by atoms with E-state index in [9.17, 15) is 27.6 Å². The molecule has 132 valence electrons. The summed E-state index contributed by atoms with van der Waals surface area (Å²) in [6, 6.07) is -0.683. The van der Waals surface area contributed by atoms with Crippen LogP contribution >= 0.6 is 0 Å². The van der Waals surface area contributed by atoms with Crippen molar-refractivity contribution in [3.8, 4) is 0 Å². The van der Waals surface area contributed by atoms with E-state index in [1.165, 1.54) is 6.92 Å². The highest BCUT2D eigenvalue weighted by Crippen LogP contribution is 2.17. The number of benzene rings is 1. The Morgan fingerprint density at radius 3 is 2.08 bits per heavy atom. The molecular formula is C15H16F3NO5. The lowest BCUT2D eigenvalue weighted by atomic mass is 9.97. The van der Waals surface area contributed by atoms with E-state index in [0.29, 0.717) is 12.1 Å². The molecule has 0 aliphatic carbocycles. The van der Waals surface area contributed by atoms with E-state index in [2.05, 4.69) is 14.8 Å². The molecule has 0 unspecified atom stereocenters. The molecule has 0 aliphatic rings. The van der Waals surface area contributed by atoms with Crippen LogP contribution in [0.4, 0.5) is 13.2 Å². The summed E-state index contributed by atoms with van der Waals surface area (Å²) in [6.45, 7) is 1.44. The summed E-state index contributed by atoms with van der Waals surface area (Å²) in [5.41, 5.74) is -1.05. The fraction of sp³-hybridized carbons (Fsp3) is 0.400. The molecule has 9 heteroatoms. The van der Waals surface area contributed by atoms with Gasteiger partial charge in [-0.25, -0.2) is 18.0 Å². The van der Waals surface area contributed by atoms with Crippen LogP contribution in [0.2, 0.25) is 0 Å². The van der Waals surface area contributed by atoms with Crippen LogP contribution in [0.15, 0.2) is 12.1 Å². The van der Waals surface area contributed by atoms with Crippen LogP contribution in [0.3, 0.4) is 0 Å². The highest BCUT2D eigenvalue weighted by Gasteiger charge is 2.31. The molecule has 0 aliphatic heterocycles. The van der Waals surface area contributed by atoms with Crippen LogP contribution < -0.4 is 5.32 Å². The van der Waals surface area contributed by atoms with Gasteiger partial charge < -0.3 is 14.8 Å². The first-order chi connectivity index (χ1) is 11.2. The summed E-state index contributed by atoms with van der Waals surface area (Å²) >= 11 is 0. The molecule has 0 saturated carbocycles. The molecule has 2 atom stereocenters. The Morgan fingerprint density at radius 2 is 1.62 bits per heavy atom. The van der Waals surface area contributed by atoms with E-state index >= 15 is 0 Å². The first-order valence-electron chi connectivity index (χ1n) is 6.81. The number of amides is 1. The highest BCUT2D eigenvalue weighted by molar-refractivity contribution is 5.97. The van der Waals surface area contributed by atoms with Gasteiger partial charge in [0.15, 0.2) is 0 Å². The summed E-state index contributed by atoms with van der Waals surface area (Å²) in [4.78, 5) is 35.1. The van der Waals surface area contributed by atoms with Gasteiger partial charge in [0.05, 0.1) is 20.6 Å². The second-order valence-electron chi connectivity index (χ2n) is 4.98. The van der Waals surface area contributed by atoms with Crippen molar-refractivity contribution in [2.45, 2.75) is 19.4 Å². The third kappa shape index (κ3) is 4.71. The number of esters is 2. The predicted molar refractivity (Wildman–Crippen MR) is 75.4 cm³/mol. The molecule has 1 rings (SSSR count). The molecule has 1 aromatic carbocycles. The van der Waals surface area contributed by atoms with Crippen LogP contribution in [0, 0.1) is 23.4 Å². The monoisotopic (exact) mass is 347 g/mol. The zero-order valence-corrected chi connectivity index (χ0v) is 13.2.